The van der Waals surface area contributed by atoms with Crippen LogP contribution in [0.3, 0.4) is 0 Å². The van der Waals surface area contributed by atoms with E-state index in [-0.39, 0.29) is 0 Å². The van der Waals surface area contributed by atoms with E-state index in [9.17, 15) is 4.39 Å². The fourth-order valence-electron chi connectivity index (χ4n) is 3.23. The van der Waals surface area contributed by atoms with E-state index in [1.807, 2.05) is 31.2 Å². The van der Waals surface area contributed by atoms with Crippen LogP contribution < -0.4 is 10.2 Å². The van der Waals surface area contributed by atoms with Crippen LogP contribution in [0.1, 0.15) is 11.3 Å². The van der Waals surface area contributed by atoms with Gasteiger partial charge in [-0.1, -0.05) is 18.2 Å². The van der Waals surface area contributed by atoms with Crippen LogP contribution in [-0.4, -0.2) is 58.3 Å². The third kappa shape index (κ3) is 4.12. The van der Waals surface area contributed by atoms with Crippen LogP contribution in [0.5, 0.6) is 0 Å². The molecule has 8 heteroatoms. The second-order valence-electron chi connectivity index (χ2n) is 7.12. The summed E-state index contributed by atoms with van der Waals surface area (Å²) in [6.07, 6.45) is 0. The Hall–Kier alpha value is -3.00. The number of halogens is 1. The highest BCUT2D eigenvalue weighted by molar-refractivity contribution is 5.65. The van der Waals surface area contributed by atoms with Gasteiger partial charge in [0.15, 0.2) is 11.6 Å². The number of hydrogen-bond donors (Lipinski definition) is 2. The molecule has 0 bridgehead atoms. The minimum Gasteiger partial charge on any atom is -0.354 e. The Balaban J connectivity index is 1.71. The highest BCUT2D eigenvalue weighted by Crippen LogP contribution is 2.25. The molecule has 2 N–H and O–H groups in total. The minimum absolute atomic E-state index is 0.510. The van der Waals surface area contributed by atoms with Crippen molar-refractivity contribution in [1.29, 1.82) is 0 Å². The van der Waals surface area contributed by atoms with Crippen molar-refractivity contribution in [1.82, 2.24) is 25.1 Å². The van der Waals surface area contributed by atoms with Crippen molar-refractivity contribution in [3.63, 3.8) is 0 Å². The van der Waals surface area contributed by atoms with Crippen LogP contribution >= 0.6 is 0 Å². The van der Waals surface area contributed by atoms with Crippen LogP contribution in [0, 0.1) is 6.92 Å². The number of rotatable bonds is 5. The summed E-state index contributed by atoms with van der Waals surface area (Å²) in [6, 6.07) is 11.2. The van der Waals surface area contributed by atoms with E-state index in [4.69, 9.17) is 4.98 Å². The SMILES string of the molecule is Cc1cc(Nc2cc(N3CCN(C)CC3)nc(-c3cccc(CF)c3)n2)n[nH]1. The molecule has 0 radical (unpaired) electrons. The van der Waals surface area contributed by atoms with Gasteiger partial charge in [-0.05, 0) is 25.6 Å². The number of aryl methyl sites for hydroxylation is 1. The van der Waals surface area contributed by atoms with Crippen molar-refractivity contribution in [3.8, 4) is 11.4 Å². The molecule has 1 aromatic carbocycles. The highest BCUT2D eigenvalue weighted by Gasteiger charge is 2.18. The Kier molecular flexibility index (Phi) is 5.21. The Bertz CT molecular complexity index is 947. The van der Waals surface area contributed by atoms with Crippen molar-refractivity contribution in [3.05, 3.63) is 47.7 Å². The fraction of sp³-hybridized carbons (Fsp3) is 0.350. The summed E-state index contributed by atoms with van der Waals surface area (Å²) < 4.78 is 13.1. The van der Waals surface area contributed by atoms with Gasteiger partial charge < -0.3 is 15.1 Å². The molecule has 3 aromatic rings. The maximum atomic E-state index is 13.1. The van der Waals surface area contributed by atoms with Gasteiger partial charge in [-0.25, -0.2) is 14.4 Å². The number of likely N-dealkylation sites (N-methyl/N-ethyl adjacent to an activating group) is 1. The van der Waals surface area contributed by atoms with Gasteiger partial charge in [0.2, 0.25) is 0 Å². The Labute approximate surface area is 163 Å². The minimum atomic E-state index is -0.510. The number of benzene rings is 1. The molecule has 1 fully saturated rings. The Morgan fingerprint density at radius 3 is 2.61 bits per heavy atom. The molecule has 146 valence electrons. The van der Waals surface area contributed by atoms with Crippen molar-refractivity contribution >= 4 is 17.5 Å². The lowest BCUT2D eigenvalue weighted by molar-refractivity contribution is 0.312. The van der Waals surface area contributed by atoms with E-state index in [1.165, 1.54) is 0 Å². The lowest BCUT2D eigenvalue weighted by atomic mass is 10.1. The number of nitrogens with zero attached hydrogens (tertiary/aromatic N) is 5. The van der Waals surface area contributed by atoms with Gasteiger partial charge >= 0.3 is 0 Å². The fourth-order valence-corrected chi connectivity index (χ4v) is 3.23. The smallest absolute Gasteiger partial charge is 0.163 e. The molecule has 7 nitrogen and oxygen atoms in total. The summed E-state index contributed by atoms with van der Waals surface area (Å²) in [4.78, 5) is 14.0. The molecule has 0 aliphatic carbocycles. The number of piperazine rings is 1. The summed E-state index contributed by atoms with van der Waals surface area (Å²) in [7, 11) is 2.12. The topological polar surface area (TPSA) is 73.0 Å². The predicted molar refractivity (Wildman–Crippen MR) is 109 cm³/mol. The summed E-state index contributed by atoms with van der Waals surface area (Å²) in [5.41, 5.74) is 2.38. The third-order valence-electron chi connectivity index (χ3n) is 4.84. The van der Waals surface area contributed by atoms with Gasteiger partial charge in [-0.2, -0.15) is 5.10 Å². The molecule has 28 heavy (non-hydrogen) atoms. The van der Waals surface area contributed by atoms with Crippen LogP contribution in [-0.2, 0) is 6.67 Å². The summed E-state index contributed by atoms with van der Waals surface area (Å²) in [6.45, 7) is 5.21. The first-order chi connectivity index (χ1) is 13.6. The van der Waals surface area contributed by atoms with Gasteiger partial charge in [0, 0.05) is 49.6 Å². The number of anilines is 3. The zero-order valence-corrected chi connectivity index (χ0v) is 16.1. The van der Waals surface area contributed by atoms with E-state index in [2.05, 4.69) is 37.3 Å². The number of H-pyrrole nitrogens is 1. The monoisotopic (exact) mass is 381 g/mol. The maximum Gasteiger partial charge on any atom is 0.163 e. The number of alkyl halides is 1. The molecular weight excluding hydrogens is 357 g/mol. The summed E-state index contributed by atoms with van der Waals surface area (Å²) >= 11 is 0. The van der Waals surface area contributed by atoms with Crippen LogP contribution in [0.4, 0.5) is 21.8 Å². The molecule has 3 heterocycles. The molecule has 1 aliphatic rings. The number of aromatic amines is 1. The third-order valence-corrected chi connectivity index (χ3v) is 4.84. The van der Waals surface area contributed by atoms with E-state index in [1.54, 1.807) is 12.1 Å². The molecule has 0 atom stereocenters. The van der Waals surface area contributed by atoms with E-state index < -0.39 is 6.67 Å². The van der Waals surface area contributed by atoms with Crippen LogP contribution in [0.15, 0.2) is 36.4 Å². The number of hydrogen-bond acceptors (Lipinski definition) is 6. The number of nitrogens with one attached hydrogen (secondary N) is 2. The zero-order chi connectivity index (χ0) is 19.5. The maximum absolute atomic E-state index is 13.1. The molecule has 2 aromatic heterocycles. The summed E-state index contributed by atoms with van der Waals surface area (Å²) in [5.74, 6) is 2.79. The highest BCUT2D eigenvalue weighted by atomic mass is 19.1. The zero-order valence-electron chi connectivity index (χ0n) is 16.1. The molecular formula is C20H24FN7. The largest absolute Gasteiger partial charge is 0.354 e. The lowest BCUT2D eigenvalue weighted by Crippen LogP contribution is -2.44. The normalized spacial score (nSPS) is 15.0. The van der Waals surface area contributed by atoms with Gasteiger partial charge in [0.1, 0.15) is 18.3 Å². The Morgan fingerprint density at radius 1 is 1.07 bits per heavy atom. The van der Waals surface area contributed by atoms with Crippen molar-refractivity contribution in [2.45, 2.75) is 13.6 Å². The quantitative estimate of drug-likeness (QED) is 0.707. The average Bonchev–Trinajstić information content (AvgIpc) is 3.13. The lowest BCUT2D eigenvalue weighted by Gasteiger charge is -2.33. The van der Waals surface area contributed by atoms with E-state index in [0.29, 0.717) is 23.0 Å². The van der Waals surface area contributed by atoms with Crippen molar-refractivity contribution in [2.24, 2.45) is 0 Å². The van der Waals surface area contributed by atoms with Gasteiger partial charge in [0.05, 0.1) is 0 Å². The molecule has 0 saturated carbocycles. The molecule has 4 rings (SSSR count). The first-order valence-corrected chi connectivity index (χ1v) is 9.37. The van der Waals surface area contributed by atoms with Crippen molar-refractivity contribution in [2.75, 3.05) is 43.4 Å². The standard InChI is InChI=1S/C20H24FN7/c1-14-10-18(26-25-14)22-17-12-19(28-8-6-27(2)7-9-28)24-20(23-17)16-5-3-4-15(11-16)13-21/h3-5,10-12H,6-9,13H2,1-2H3,(H2,22,23,24,25,26). The average molecular weight is 381 g/mol. The van der Waals surface area contributed by atoms with Gasteiger partial charge in [-0.3, -0.25) is 5.10 Å². The molecule has 1 aliphatic heterocycles. The predicted octanol–water partition coefficient (Wildman–Crippen LogP) is 3.14. The van der Waals surface area contributed by atoms with E-state index in [0.717, 1.165) is 43.3 Å². The van der Waals surface area contributed by atoms with Crippen LogP contribution in [0.25, 0.3) is 11.4 Å². The van der Waals surface area contributed by atoms with Gasteiger partial charge in [0.25, 0.3) is 0 Å². The molecule has 0 spiro atoms. The Morgan fingerprint density at radius 2 is 1.89 bits per heavy atom. The second-order valence-corrected chi connectivity index (χ2v) is 7.12. The number of aromatic nitrogens is 4. The van der Waals surface area contributed by atoms with Crippen LogP contribution in [0.2, 0.25) is 0 Å². The molecule has 0 unspecified atom stereocenters. The summed E-state index contributed by atoms with van der Waals surface area (Å²) in [5, 5.41) is 10.4. The van der Waals surface area contributed by atoms with Crippen molar-refractivity contribution < 1.29 is 4.39 Å². The van der Waals surface area contributed by atoms with E-state index >= 15 is 0 Å². The first kappa shape index (κ1) is 18.4. The van der Waals surface area contributed by atoms with Gasteiger partial charge in [-0.15, -0.1) is 0 Å². The first-order valence-electron chi connectivity index (χ1n) is 9.37. The molecule has 0 amide bonds. The molecule has 1 saturated heterocycles. The second kappa shape index (κ2) is 7.93.